The SMILES string of the molecule is O=c1c2cnn(-c3ccccc3)c2nnn1Cc1coc(-c2ccc(F)cc2)n1. The number of benzene rings is 2. The van der Waals surface area contributed by atoms with Gasteiger partial charge in [0.1, 0.15) is 23.2 Å². The van der Waals surface area contributed by atoms with E-state index in [9.17, 15) is 9.18 Å². The maximum atomic E-state index is 13.1. The third kappa shape index (κ3) is 3.08. The summed E-state index contributed by atoms with van der Waals surface area (Å²) < 4.78 is 21.3. The molecule has 0 aliphatic heterocycles. The van der Waals surface area contributed by atoms with E-state index >= 15 is 0 Å². The van der Waals surface area contributed by atoms with E-state index in [2.05, 4.69) is 20.4 Å². The molecule has 9 heteroatoms. The Balaban J connectivity index is 1.47. The molecule has 0 unspecified atom stereocenters. The predicted octanol–water partition coefficient (Wildman–Crippen LogP) is 2.82. The fourth-order valence-electron chi connectivity index (χ4n) is 2.98. The van der Waals surface area contributed by atoms with Crippen LogP contribution in [0.3, 0.4) is 0 Å². The molecule has 2 aromatic carbocycles. The fraction of sp³-hybridized carbons (Fsp3) is 0.0500. The summed E-state index contributed by atoms with van der Waals surface area (Å²) in [5.41, 5.74) is 1.97. The standard InChI is InChI=1S/C20H13FN6O2/c21-14-8-6-13(7-9-14)19-23-15(12-29-19)11-26-20(28)17-10-22-27(18(17)24-25-26)16-4-2-1-3-5-16/h1-10,12H,11H2. The van der Waals surface area contributed by atoms with Gasteiger partial charge in [-0.15, -0.1) is 5.10 Å². The maximum absolute atomic E-state index is 13.1. The van der Waals surface area contributed by atoms with E-state index in [-0.39, 0.29) is 17.9 Å². The zero-order valence-electron chi connectivity index (χ0n) is 14.9. The molecule has 29 heavy (non-hydrogen) atoms. The number of oxazole rings is 1. The van der Waals surface area contributed by atoms with E-state index in [4.69, 9.17) is 4.42 Å². The van der Waals surface area contributed by atoms with Crippen LogP contribution in [0.5, 0.6) is 0 Å². The third-order valence-electron chi connectivity index (χ3n) is 4.41. The van der Waals surface area contributed by atoms with E-state index in [1.807, 2.05) is 30.3 Å². The van der Waals surface area contributed by atoms with Gasteiger partial charge in [-0.2, -0.15) is 5.10 Å². The van der Waals surface area contributed by atoms with Crippen LogP contribution in [0, 0.1) is 5.82 Å². The fourth-order valence-corrected chi connectivity index (χ4v) is 2.98. The van der Waals surface area contributed by atoms with Gasteiger partial charge in [0, 0.05) is 5.56 Å². The Morgan fingerprint density at radius 3 is 2.62 bits per heavy atom. The second kappa shape index (κ2) is 6.79. The molecule has 0 radical (unpaired) electrons. The molecule has 5 aromatic rings. The summed E-state index contributed by atoms with van der Waals surface area (Å²) in [6, 6.07) is 15.2. The molecule has 0 aliphatic carbocycles. The minimum atomic E-state index is -0.341. The number of fused-ring (bicyclic) bond motifs is 1. The van der Waals surface area contributed by atoms with Crippen LogP contribution < -0.4 is 5.56 Å². The van der Waals surface area contributed by atoms with Gasteiger partial charge in [-0.25, -0.2) is 18.7 Å². The number of aromatic nitrogens is 6. The van der Waals surface area contributed by atoms with E-state index in [1.54, 1.807) is 16.8 Å². The first-order chi connectivity index (χ1) is 14.2. The molecular weight excluding hydrogens is 375 g/mol. The highest BCUT2D eigenvalue weighted by Gasteiger charge is 2.14. The second-order valence-electron chi connectivity index (χ2n) is 6.33. The molecule has 0 bridgehead atoms. The van der Waals surface area contributed by atoms with Crippen LogP contribution in [0.2, 0.25) is 0 Å². The Bertz CT molecular complexity index is 1360. The van der Waals surface area contributed by atoms with E-state index in [0.717, 1.165) is 5.69 Å². The smallest absolute Gasteiger partial charge is 0.281 e. The van der Waals surface area contributed by atoms with Gasteiger partial charge in [0.25, 0.3) is 5.56 Å². The monoisotopic (exact) mass is 388 g/mol. The molecule has 3 heterocycles. The Morgan fingerprint density at radius 2 is 1.83 bits per heavy atom. The van der Waals surface area contributed by atoms with Gasteiger partial charge < -0.3 is 4.42 Å². The van der Waals surface area contributed by atoms with Crippen molar-refractivity contribution in [3.05, 3.63) is 88.9 Å². The maximum Gasteiger partial charge on any atom is 0.281 e. The van der Waals surface area contributed by atoms with Crippen LogP contribution in [-0.2, 0) is 6.54 Å². The van der Waals surface area contributed by atoms with Crippen molar-refractivity contribution in [2.45, 2.75) is 6.54 Å². The Hall–Kier alpha value is -4.14. The first kappa shape index (κ1) is 17.0. The van der Waals surface area contributed by atoms with Crippen LogP contribution in [0.25, 0.3) is 28.2 Å². The summed E-state index contributed by atoms with van der Waals surface area (Å²) in [5.74, 6) is -0.00862. The van der Waals surface area contributed by atoms with Gasteiger partial charge >= 0.3 is 0 Å². The first-order valence-corrected chi connectivity index (χ1v) is 8.76. The van der Waals surface area contributed by atoms with Crippen LogP contribution in [0.15, 0.2) is 76.3 Å². The van der Waals surface area contributed by atoms with Crippen molar-refractivity contribution >= 4 is 11.0 Å². The van der Waals surface area contributed by atoms with Crippen molar-refractivity contribution in [2.24, 2.45) is 0 Å². The molecule has 0 aliphatic rings. The summed E-state index contributed by atoms with van der Waals surface area (Å²) in [6.45, 7) is 0.0863. The number of nitrogens with zero attached hydrogens (tertiary/aromatic N) is 6. The number of para-hydroxylation sites is 1. The molecule has 3 aromatic heterocycles. The van der Waals surface area contributed by atoms with Crippen molar-refractivity contribution in [3.63, 3.8) is 0 Å². The highest BCUT2D eigenvalue weighted by molar-refractivity contribution is 5.74. The van der Waals surface area contributed by atoms with E-state index in [1.165, 1.54) is 29.3 Å². The topological polar surface area (TPSA) is 91.6 Å². The van der Waals surface area contributed by atoms with Crippen LogP contribution in [0.1, 0.15) is 5.69 Å². The largest absolute Gasteiger partial charge is 0.444 e. The molecule has 0 atom stereocenters. The summed E-state index contributed by atoms with van der Waals surface area (Å²) in [7, 11) is 0. The lowest BCUT2D eigenvalue weighted by atomic mass is 10.2. The molecular formula is C20H13FN6O2. The van der Waals surface area contributed by atoms with Gasteiger partial charge in [-0.05, 0) is 36.4 Å². The number of hydrogen-bond acceptors (Lipinski definition) is 6. The van der Waals surface area contributed by atoms with Crippen molar-refractivity contribution in [1.82, 2.24) is 29.8 Å². The molecule has 0 amide bonds. The average molecular weight is 388 g/mol. The quantitative estimate of drug-likeness (QED) is 0.470. The van der Waals surface area contributed by atoms with Crippen LogP contribution in [0.4, 0.5) is 4.39 Å². The predicted molar refractivity (Wildman–Crippen MR) is 102 cm³/mol. The summed E-state index contributed by atoms with van der Waals surface area (Å²) in [6.07, 6.45) is 2.91. The minimum Gasteiger partial charge on any atom is -0.444 e. The van der Waals surface area contributed by atoms with Gasteiger partial charge in [0.2, 0.25) is 5.89 Å². The molecule has 142 valence electrons. The van der Waals surface area contributed by atoms with Crippen molar-refractivity contribution < 1.29 is 8.81 Å². The van der Waals surface area contributed by atoms with Crippen molar-refractivity contribution in [2.75, 3.05) is 0 Å². The third-order valence-corrected chi connectivity index (χ3v) is 4.41. The number of hydrogen-bond donors (Lipinski definition) is 0. The molecule has 0 fully saturated rings. The zero-order valence-corrected chi connectivity index (χ0v) is 14.9. The molecule has 0 saturated heterocycles. The van der Waals surface area contributed by atoms with Gasteiger partial charge in [0.15, 0.2) is 5.65 Å². The van der Waals surface area contributed by atoms with Crippen LogP contribution in [-0.4, -0.2) is 29.8 Å². The Kier molecular flexibility index (Phi) is 3.98. The lowest BCUT2D eigenvalue weighted by Crippen LogP contribution is -2.25. The average Bonchev–Trinajstić information content (AvgIpc) is 3.39. The number of halogens is 1. The molecule has 0 saturated carbocycles. The molecule has 8 nitrogen and oxygen atoms in total. The Morgan fingerprint density at radius 1 is 1.03 bits per heavy atom. The second-order valence-corrected chi connectivity index (χ2v) is 6.33. The lowest BCUT2D eigenvalue weighted by molar-refractivity contribution is 0.561. The van der Waals surface area contributed by atoms with Gasteiger partial charge in [-0.3, -0.25) is 4.79 Å². The van der Waals surface area contributed by atoms with Gasteiger partial charge in [0.05, 0.1) is 18.4 Å². The first-order valence-electron chi connectivity index (χ1n) is 8.76. The highest BCUT2D eigenvalue weighted by Crippen LogP contribution is 2.19. The van der Waals surface area contributed by atoms with Crippen molar-refractivity contribution in [1.29, 1.82) is 0 Å². The molecule has 0 N–H and O–H groups in total. The number of rotatable bonds is 4. The lowest BCUT2D eigenvalue weighted by Gasteiger charge is -2.03. The summed E-state index contributed by atoms with van der Waals surface area (Å²) >= 11 is 0. The Labute approximate surface area is 162 Å². The van der Waals surface area contributed by atoms with Crippen molar-refractivity contribution in [3.8, 4) is 17.1 Å². The van der Waals surface area contributed by atoms with Crippen LogP contribution >= 0.6 is 0 Å². The van der Waals surface area contributed by atoms with Gasteiger partial charge in [-0.1, -0.05) is 23.4 Å². The highest BCUT2D eigenvalue weighted by atomic mass is 19.1. The minimum absolute atomic E-state index is 0.0863. The summed E-state index contributed by atoms with van der Waals surface area (Å²) in [5, 5.41) is 12.8. The summed E-state index contributed by atoms with van der Waals surface area (Å²) in [4.78, 5) is 17.1. The molecule has 5 rings (SSSR count). The zero-order chi connectivity index (χ0) is 19.8. The van der Waals surface area contributed by atoms with E-state index < -0.39 is 0 Å². The van der Waals surface area contributed by atoms with E-state index in [0.29, 0.717) is 28.2 Å². The molecule has 0 spiro atoms. The normalized spacial score (nSPS) is 11.2.